The smallest absolute Gasteiger partial charge is 0.355 e. The van der Waals surface area contributed by atoms with Crippen LogP contribution >= 0.6 is 0 Å². The Labute approximate surface area is 200 Å². The molecule has 34 heavy (non-hydrogen) atoms. The molecule has 0 amide bonds. The highest BCUT2D eigenvalue weighted by atomic mass is 16.6. The maximum absolute atomic E-state index is 6.62. The number of aromatic nitrogens is 2. The summed E-state index contributed by atoms with van der Waals surface area (Å²) in [5.74, 6) is 1.84. The number of methoxy groups -OCH3 is 2. The highest BCUT2D eigenvalue weighted by Crippen LogP contribution is 2.41. The van der Waals surface area contributed by atoms with Crippen molar-refractivity contribution >= 4 is 6.21 Å². The van der Waals surface area contributed by atoms with Crippen LogP contribution in [0.15, 0.2) is 70.2 Å². The molecule has 4 rings (SSSR count). The molecule has 0 fully saturated rings. The Morgan fingerprint density at radius 3 is 2.47 bits per heavy atom. The van der Waals surface area contributed by atoms with Gasteiger partial charge in [0.15, 0.2) is 11.5 Å². The van der Waals surface area contributed by atoms with Crippen LogP contribution in [-0.2, 0) is 6.42 Å². The number of nitrogens with zero attached hydrogens (tertiary/aromatic N) is 3. The van der Waals surface area contributed by atoms with E-state index in [2.05, 4.69) is 36.1 Å². The van der Waals surface area contributed by atoms with Crippen molar-refractivity contribution in [3.8, 4) is 29.0 Å². The Morgan fingerprint density at radius 2 is 1.79 bits per heavy atom. The van der Waals surface area contributed by atoms with Crippen LogP contribution in [0.25, 0.3) is 11.5 Å². The molecular weight excluding hydrogens is 430 g/mol. The van der Waals surface area contributed by atoms with Gasteiger partial charge in [-0.15, -0.1) is 0 Å². The fraction of sp³-hybridized carbons (Fsp3) is 0.370. The zero-order valence-electron chi connectivity index (χ0n) is 20.2. The summed E-state index contributed by atoms with van der Waals surface area (Å²) in [5, 5.41) is 4.15. The summed E-state index contributed by atoms with van der Waals surface area (Å²) in [5.41, 5.74) is 0.735. The first kappa shape index (κ1) is 23.5. The van der Waals surface area contributed by atoms with Crippen LogP contribution < -0.4 is 14.2 Å². The average Bonchev–Trinajstić information content (AvgIpc) is 3.53. The van der Waals surface area contributed by atoms with E-state index in [4.69, 9.17) is 23.7 Å². The lowest BCUT2D eigenvalue weighted by Gasteiger charge is -2.43. The number of aryl methyl sites for hydroxylation is 1. The van der Waals surface area contributed by atoms with Crippen LogP contribution in [-0.4, -0.2) is 41.7 Å². The number of aliphatic imine (C=N–C) groups is 1. The molecule has 2 unspecified atom stereocenters. The third-order valence-electron chi connectivity index (χ3n) is 6.41. The predicted octanol–water partition coefficient (Wildman–Crippen LogP) is 5.70. The summed E-state index contributed by atoms with van der Waals surface area (Å²) in [7, 11) is 3.28. The van der Waals surface area contributed by atoms with E-state index < -0.39 is 11.1 Å². The Kier molecular flexibility index (Phi) is 7.01. The SMILES string of the molecule is CCCC(CCc1ccc(OC)c(OC)c1)(Oc1noc(-c2ccccc2)n1)C1(C)C=CC=N1. The maximum Gasteiger partial charge on any atom is 0.355 e. The van der Waals surface area contributed by atoms with E-state index in [1.165, 1.54) is 0 Å². The standard InChI is InChI=1S/C27H31N3O4/c1-5-15-27(26(2)16-9-18-28-26,17-14-20-12-13-22(31-3)23(19-20)32-4)33-25-29-24(34-30-25)21-10-7-6-8-11-21/h6-13,16,18-19H,5,14-15,17H2,1-4H3. The quantitative estimate of drug-likeness (QED) is 0.364. The molecule has 0 aliphatic carbocycles. The summed E-state index contributed by atoms with van der Waals surface area (Å²) in [4.78, 5) is 9.34. The van der Waals surface area contributed by atoms with Gasteiger partial charge >= 0.3 is 6.01 Å². The van der Waals surface area contributed by atoms with Crippen molar-refractivity contribution in [3.05, 3.63) is 66.2 Å². The average molecular weight is 462 g/mol. The largest absolute Gasteiger partial charge is 0.493 e. The molecule has 0 saturated carbocycles. The second kappa shape index (κ2) is 10.1. The number of rotatable bonds is 11. The van der Waals surface area contributed by atoms with Gasteiger partial charge in [-0.3, -0.25) is 4.99 Å². The summed E-state index contributed by atoms with van der Waals surface area (Å²) in [6.45, 7) is 4.24. The van der Waals surface area contributed by atoms with Gasteiger partial charge in [0.25, 0.3) is 5.89 Å². The molecule has 2 heterocycles. The number of allylic oxidation sites excluding steroid dienone is 1. The molecule has 7 nitrogen and oxygen atoms in total. The second-order valence-electron chi connectivity index (χ2n) is 8.57. The summed E-state index contributed by atoms with van der Waals surface area (Å²) < 4.78 is 23.0. The van der Waals surface area contributed by atoms with Crippen LogP contribution in [0.1, 0.15) is 38.7 Å². The molecule has 3 aromatic rings. The van der Waals surface area contributed by atoms with Gasteiger partial charge in [0, 0.05) is 11.8 Å². The predicted molar refractivity (Wildman–Crippen MR) is 132 cm³/mol. The van der Waals surface area contributed by atoms with Crippen molar-refractivity contribution in [2.24, 2.45) is 4.99 Å². The summed E-state index contributed by atoms with van der Waals surface area (Å²) >= 11 is 0. The summed E-state index contributed by atoms with van der Waals surface area (Å²) in [6.07, 6.45) is 9.02. The van der Waals surface area contributed by atoms with Crippen LogP contribution in [0.5, 0.6) is 17.5 Å². The first-order chi connectivity index (χ1) is 16.5. The number of hydrogen-bond donors (Lipinski definition) is 0. The molecule has 0 radical (unpaired) electrons. The van der Waals surface area contributed by atoms with Crippen LogP contribution in [0, 0.1) is 0 Å². The van der Waals surface area contributed by atoms with Gasteiger partial charge in [-0.25, -0.2) is 0 Å². The maximum atomic E-state index is 6.62. The lowest BCUT2D eigenvalue weighted by molar-refractivity contribution is -0.00751. The third kappa shape index (κ3) is 4.69. The number of ether oxygens (including phenoxy) is 3. The molecule has 2 aromatic carbocycles. The van der Waals surface area contributed by atoms with Gasteiger partial charge in [-0.1, -0.05) is 43.7 Å². The number of hydrogen-bond acceptors (Lipinski definition) is 7. The molecule has 1 aliphatic heterocycles. The minimum Gasteiger partial charge on any atom is -0.493 e. The van der Waals surface area contributed by atoms with Gasteiger partial charge in [-0.2, -0.15) is 4.98 Å². The third-order valence-corrected chi connectivity index (χ3v) is 6.41. The van der Waals surface area contributed by atoms with Crippen molar-refractivity contribution in [1.82, 2.24) is 10.1 Å². The molecule has 0 bridgehead atoms. The van der Waals surface area contributed by atoms with Crippen molar-refractivity contribution < 1.29 is 18.7 Å². The van der Waals surface area contributed by atoms with Crippen LogP contribution in [0.4, 0.5) is 0 Å². The van der Waals surface area contributed by atoms with Gasteiger partial charge in [0.2, 0.25) is 0 Å². The fourth-order valence-electron chi connectivity index (χ4n) is 4.49. The Balaban J connectivity index is 1.64. The summed E-state index contributed by atoms with van der Waals surface area (Å²) in [6, 6.07) is 15.9. The van der Waals surface area contributed by atoms with Crippen molar-refractivity contribution in [1.29, 1.82) is 0 Å². The van der Waals surface area contributed by atoms with E-state index >= 15 is 0 Å². The highest BCUT2D eigenvalue weighted by molar-refractivity contribution is 5.75. The molecule has 0 N–H and O–H groups in total. The van der Waals surface area contributed by atoms with E-state index in [0.717, 1.165) is 30.4 Å². The Hall–Kier alpha value is -3.61. The molecule has 7 heteroatoms. The first-order valence-electron chi connectivity index (χ1n) is 11.5. The van der Waals surface area contributed by atoms with Crippen molar-refractivity contribution in [2.75, 3.05) is 14.2 Å². The zero-order valence-corrected chi connectivity index (χ0v) is 20.2. The van der Waals surface area contributed by atoms with Crippen molar-refractivity contribution in [2.45, 2.75) is 50.7 Å². The van der Waals surface area contributed by atoms with E-state index in [1.807, 2.05) is 54.8 Å². The second-order valence-corrected chi connectivity index (χ2v) is 8.57. The fourth-order valence-corrected chi connectivity index (χ4v) is 4.49. The van der Waals surface area contributed by atoms with E-state index in [0.29, 0.717) is 23.8 Å². The molecule has 1 aromatic heterocycles. The molecule has 1 aliphatic rings. The monoisotopic (exact) mass is 461 g/mol. The zero-order chi connectivity index (χ0) is 24.0. The molecule has 0 saturated heterocycles. The minimum atomic E-state index is -0.670. The Morgan fingerprint density at radius 1 is 1.00 bits per heavy atom. The van der Waals surface area contributed by atoms with E-state index in [-0.39, 0.29) is 6.01 Å². The highest BCUT2D eigenvalue weighted by Gasteiger charge is 2.49. The lowest BCUT2D eigenvalue weighted by Crippen LogP contribution is -2.54. The van der Waals surface area contributed by atoms with Crippen LogP contribution in [0.2, 0.25) is 0 Å². The van der Waals surface area contributed by atoms with Crippen molar-refractivity contribution in [3.63, 3.8) is 0 Å². The topological polar surface area (TPSA) is 79.0 Å². The van der Waals surface area contributed by atoms with Gasteiger partial charge < -0.3 is 18.7 Å². The Bertz CT molecular complexity index is 1140. The molecule has 0 spiro atoms. The first-order valence-corrected chi connectivity index (χ1v) is 11.5. The molecule has 178 valence electrons. The van der Waals surface area contributed by atoms with E-state index in [9.17, 15) is 0 Å². The van der Waals surface area contributed by atoms with E-state index in [1.54, 1.807) is 14.2 Å². The number of benzene rings is 2. The molecule has 2 atom stereocenters. The van der Waals surface area contributed by atoms with Gasteiger partial charge in [0.05, 0.1) is 14.2 Å². The van der Waals surface area contributed by atoms with Gasteiger partial charge in [0.1, 0.15) is 11.1 Å². The lowest BCUT2D eigenvalue weighted by atomic mass is 9.74. The van der Waals surface area contributed by atoms with Crippen LogP contribution in [0.3, 0.4) is 0 Å². The normalized spacial score (nSPS) is 18.6. The minimum absolute atomic E-state index is 0.219. The van der Waals surface area contributed by atoms with Gasteiger partial charge in [-0.05, 0) is 67.2 Å². The molecular formula is C27H31N3O4.